The molecule has 0 fully saturated rings. The highest BCUT2D eigenvalue weighted by Crippen LogP contribution is 2.24. The van der Waals surface area contributed by atoms with Crippen LogP contribution in [0.1, 0.15) is 29.8 Å². The number of benzene rings is 2. The highest BCUT2D eigenvalue weighted by molar-refractivity contribution is 5.97. The second kappa shape index (κ2) is 7.30. The van der Waals surface area contributed by atoms with Crippen molar-refractivity contribution in [1.29, 1.82) is 0 Å². The summed E-state index contributed by atoms with van der Waals surface area (Å²) in [5.41, 5.74) is 2.43. The van der Waals surface area contributed by atoms with Gasteiger partial charge in [-0.15, -0.1) is 5.10 Å². The van der Waals surface area contributed by atoms with E-state index < -0.39 is 0 Å². The minimum absolute atomic E-state index is 0.219. The van der Waals surface area contributed by atoms with Gasteiger partial charge < -0.3 is 4.74 Å². The predicted octanol–water partition coefficient (Wildman–Crippen LogP) is 3.98. The molecule has 1 heterocycles. The monoisotopic (exact) mass is 335 g/mol. The minimum atomic E-state index is -0.231. The lowest BCUT2D eigenvalue weighted by Gasteiger charge is -2.06. The highest BCUT2D eigenvalue weighted by Gasteiger charge is 2.21. The summed E-state index contributed by atoms with van der Waals surface area (Å²) in [4.78, 5) is 17.4. The molecule has 0 aliphatic carbocycles. The molecule has 0 saturated carbocycles. The molecule has 0 N–H and O–H groups in total. The van der Waals surface area contributed by atoms with Crippen LogP contribution in [0.3, 0.4) is 0 Å². The molecule has 0 bridgehead atoms. The van der Waals surface area contributed by atoms with E-state index in [9.17, 15) is 4.79 Å². The van der Waals surface area contributed by atoms with Crippen LogP contribution < -0.4 is 4.74 Å². The third-order valence-electron chi connectivity index (χ3n) is 3.73. The molecule has 0 spiro atoms. The Bertz CT molecular complexity index is 870. The molecule has 128 valence electrons. The first kappa shape index (κ1) is 16.9. The Balaban J connectivity index is 2.06. The quantitative estimate of drug-likeness (QED) is 0.708. The van der Waals surface area contributed by atoms with Crippen LogP contribution in [-0.4, -0.2) is 27.3 Å². The Kier molecular flexibility index (Phi) is 4.93. The largest absolute Gasteiger partial charge is 0.462 e. The summed E-state index contributed by atoms with van der Waals surface area (Å²) >= 11 is 0. The number of carbonyl (C=O) groups excluding carboxylic acids is 1. The van der Waals surface area contributed by atoms with Gasteiger partial charge in [0, 0.05) is 11.1 Å². The highest BCUT2D eigenvalue weighted by atomic mass is 16.5. The van der Waals surface area contributed by atoms with Crippen molar-refractivity contribution >= 4 is 5.91 Å². The molecule has 1 aromatic heterocycles. The lowest BCUT2D eigenvalue weighted by Crippen LogP contribution is -2.15. The molecule has 0 saturated heterocycles. The third-order valence-corrected chi connectivity index (χ3v) is 3.73. The van der Waals surface area contributed by atoms with Crippen LogP contribution in [0.5, 0.6) is 6.01 Å². The van der Waals surface area contributed by atoms with Gasteiger partial charge >= 0.3 is 6.01 Å². The molecule has 5 nitrogen and oxygen atoms in total. The zero-order valence-electron chi connectivity index (χ0n) is 14.6. The normalized spacial score (nSPS) is 10.9. The lowest BCUT2D eigenvalue weighted by molar-refractivity contribution is 0.0944. The summed E-state index contributed by atoms with van der Waals surface area (Å²) in [6, 6.07) is 17.1. The van der Waals surface area contributed by atoms with Crippen molar-refractivity contribution in [2.75, 3.05) is 6.61 Å². The summed E-state index contributed by atoms with van der Waals surface area (Å²) in [6.07, 6.45) is 0. The molecule has 0 aliphatic rings. The van der Waals surface area contributed by atoms with Gasteiger partial charge in [-0.25, -0.2) is 0 Å². The van der Waals surface area contributed by atoms with Crippen molar-refractivity contribution in [2.24, 2.45) is 5.92 Å². The first-order chi connectivity index (χ1) is 12.1. The van der Waals surface area contributed by atoms with E-state index in [0.29, 0.717) is 23.9 Å². The number of hydrogen-bond donors (Lipinski definition) is 0. The number of aryl methyl sites for hydroxylation is 1. The van der Waals surface area contributed by atoms with Gasteiger partial charge in [-0.05, 0) is 30.5 Å². The molecule has 5 heteroatoms. The van der Waals surface area contributed by atoms with Gasteiger partial charge in [-0.2, -0.15) is 9.67 Å². The van der Waals surface area contributed by atoms with Crippen LogP contribution in [0.2, 0.25) is 0 Å². The van der Waals surface area contributed by atoms with Gasteiger partial charge in [-0.1, -0.05) is 56.3 Å². The van der Waals surface area contributed by atoms with Gasteiger partial charge in [-0.3, -0.25) is 4.79 Å². The van der Waals surface area contributed by atoms with Crippen LogP contribution in [0.15, 0.2) is 54.6 Å². The Labute approximate surface area is 147 Å². The standard InChI is InChI=1S/C20H21N3O2/c1-14(2)13-25-20-21-18(17-12-8-7-9-15(17)3)23(22-20)19(24)16-10-5-4-6-11-16/h4-12,14H,13H2,1-3H3. The zero-order chi connectivity index (χ0) is 17.8. The van der Waals surface area contributed by atoms with Crippen LogP contribution >= 0.6 is 0 Å². The predicted molar refractivity (Wildman–Crippen MR) is 96.7 cm³/mol. The van der Waals surface area contributed by atoms with E-state index in [2.05, 4.69) is 10.1 Å². The summed E-state index contributed by atoms with van der Waals surface area (Å²) in [5.74, 6) is 0.607. The van der Waals surface area contributed by atoms with Crippen LogP contribution in [0, 0.1) is 12.8 Å². The third kappa shape index (κ3) is 3.76. The first-order valence-corrected chi connectivity index (χ1v) is 8.32. The SMILES string of the molecule is Cc1ccccc1-c1nc(OCC(C)C)nn1C(=O)c1ccccc1. The van der Waals surface area contributed by atoms with Crippen molar-refractivity contribution in [3.8, 4) is 17.4 Å². The molecule has 0 radical (unpaired) electrons. The fourth-order valence-corrected chi connectivity index (χ4v) is 2.44. The number of rotatable bonds is 5. The van der Waals surface area contributed by atoms with Gasteiger partial charge in [0.25, 0.3) is 5.91 Å². The van der Waals surface area contributed by atoms with E-state index in [1.54, 1.807) is 12.1 Å². The molecule has 3 rings (SSSR count). The Morgan fingerprint density at radius 3 is 2.44 bits per heavy atom. The first-order valence-electron chi connectivity index (χ1n) is 8.32. The molecule has 3 aromatic rings. The molecule has 0 unspecified atom stereocenters. The van der Waals surface area contributed by atoms with E-state index in [1.165, 1.54) is 4.68 Å². The van der Waals surface area contributed by atoms with E-state index in [0.717, 1.165) is 11.1 Å². The van der Waals surface area contributed by atoms with E-state index >= 15 is 0 Å². The lowest BCUT2D eigenvalue weighted by atomic mass is 10.1. The summed E-state index contributed by atoms with van der Waals surface area (Å²) in [6.45, 7) is 6.58. The van der Waals surface area contributed by atoms with Gasteiger partial charge in [0.15, 0.2) is 5.82 Å². The Morgan fingerprint density at radius 1 is 1.08 bits per heavy atom. The minimum Gasteiger partial charge on any atom is -0.462 e. The fraction of sp³-hybridized carbons (Fsp3) is 0.250. The zero-order valence-corrected chi connectivity index (χ0v) is 14.6. The topological polar surface area (TPSA) is 57.0 Å². The summed E-state index contributed by atoms with van der Waals surface area (Å²) < 4.78 is 6.97. The number of ether oxygens (including phenoxy) is 1. The second-order valence-corrected chi connectivity index (χ2v) is 6.32. The second-order valence-electron chi connectivity index (χ2n) is 6.32. The maximum Gasteiger partial charge on any atom is 0.336 e. The molecule has 0 amide bonds. The summed E-state index contributed by atoms with van der Waals surface area (Å²) in [7, 11) is 0. The maximum atomic E-state index is 12.9. The van der Waals surface area contributed by atoms with Crippen LogP contribution in [0.25, 0.3) is 11.4 Å². The molecular weight excluding hydrogens is 314 g/mol. The molecule has 2 aromatic carbocycles. The van der Waals surface area contributed by atoms with Crippen molar-refractivity contribution < 1.29 is 9.53 Å². The van der Waals surface area contributed by atoms with E-state index in [4.69, 9.17) is 4.74 Å². The average Bonchev–Trinajstić information content (AvgIpc) is 3.04. The smallest absolute Gasteiger partial charge is 0.336 e. The van der Waals surface area contributed by atoms with Crippen molar-refractivity contribution in [3.63, 3.8) is 0 Å². The van der Waals surface area contributed by atoms with Gasteiger partial charge in [0.1, 0.15) is 0 Å². The van der Waals surface area contributed by atoms with Gasteiger partial charge in [0.05, 0.1) is 6.61 Å². The van der Waals surface area contributed by atoms with E-state index in [1.807, 2.05) is 63.2 Å². The van der Waals surface area contributed by atoms with Crippen molar-refractivity contribution in [3.05, 3.63) is 65.7 Å². The number of nitrogens with zero attached hydrogens (tertiary/aromatic N) is 3. The van der Waals surface area contributed by atoms with Gasteiger partial charge in [0.2, 0.25) is 0 Å². The Morgan fingerprint density at radius 2 is 1.76 bits per heavy atom. The number of hydrogen-bond acceptors (Lipinski definition) is 4. The fourth-order valence-electron chi connectivity index (χ4n) is 2.44. The molecule has 0 atom stereocenters. The van der Waals surface area contributed by atoms with Crippen LogP contribution in [-0.2, 0) is 0 Å². The summed E-state index contributed by atoms with van der Waals surface area (Å²) in [5, 5.41) is 4.31. The average molecular weight is 335 g/mol. The number of carbonyl (C=O) groups is 1. The maximum absolute atomic E-state index is 12.9. The molecule has 0 aliphatic heterocycles. The van der Waals surface area contributed by atoms with Crippen LogP contribution in [0.4, 0.5) is 0 Å². The molecule has 25 heavy (non-hydrogen) atoms. The molecular formula is C20H21N3O2. The van der Waals surface area contributed by atoms with Crippen molar-refractivity contribution in [2.45, 2.75) is 20.8 Å². The van der Waals surface area contributed by atoms with E-state index in [-0.39, 0.29) is 11.9 Å². The number of aromatic nitrogens is 3. The Hall–Kier alpha value is -2.95. The van der Waals surface area contributed by atoms with Crippen molar-refractivity contribution in [1.82, 2.24) is 14.8 Å².